The van der Waals surface area contributed by atoms with Gasteiger partial charge in [0.25, 0.3) is 11.8 Å². The summed E-state index contributed by atoms with van der Waals surface area (Å²) in [4.78, 5) is 42.9. The maximum atomic E-state index is 12.6. The predicted molar refractivity (Wildman–Crippen MR) is 103 cm³/mol. The van der Waals surface area contributed by atoms with Crippen LogP contribution in [0.5, 0.6) is 0 Å². The van der Waals surface area contributed by atoms with Crippen LogP contribution in [0.25, 0.3) is 10.6 Å². The van der Waals surface area contributed by atoms with E-state index in [4.69, 9.17) is 0 Å². The summed E-state index contributed by atoms with van der Waals surface area (Å²) in [5.41, 5.74) is 1.61. The largest absolute Gasteiger partial charge is 0.315 e. The molecule has 27 heavy (non-hydrogen) atoms. The van der Waals surface area contributed by atoms with Gasteiger partial charge in [-0.05, 0) is 19.1 Å². The predicted octanol–water partition coefficient (Wildman–Crippen LogP) is 3.43. The smallest absolute Gasteiger partial charge is 0.262 e. The minimum absolute atomic E-state index is 0.325. The SMILES string of the molecule is C[C@H](C(=O)Nc1cnc(-c2ccccc2)s1)N1C(=O)c2ccccc2C1=O. The van der Waals surface area contributed by atoms with Crippen LogP contribution in [0, 0.1) is 0 Å². The van der Waals surface area contributed by atoms with Crippen LogP contribution in [0.4, 0.5) is 5.00 Å². The summed E-state index contributed by atoms with van der Waals surface area (Å²) in [5, 5.41) is 4.08. The molecule has 0 fully saturated rings. The zero-order chi connectivity index (χ0) is 19.0. The molecule has 7 heteroatoms. The highest BCUT2D eigenvalue weighted by molar-refractivity contribution is 7.19. The van der Waals surface area contributed by atoms with Crippen LogP contribution in [0.3, 0.4) is 0 Å². The van der Waals surface area contributed by atoms with Gasteiger partial charge in [-0.3, -0.25) is 19.3 Å². The van der Waals surface area contributed by atoms with Gasteiger partial charge in [-0.25, -0.2) is 4.98 Å². The summed E-state index contributed by atoms with van der Waals surface area (Å²) in [7, 11) is 0. The Balaban J connectivity index is 1.50. The molecule has 0 bridgehead atoms. The Morgan fingerprint density at radius 1 is 1.00 bits per heavy atom. The lowest BCUT2D eigenvalue weighted by Gasteiger charge is -2.21. The highest BCUT2D eigenvalue weighted by atomic mass is 32.1. The molecule has 3 amide bonds. The summed E-state index contributed by atoms with van der Waals surface area (Å²) in [5.74, 6) is -1.34. The van der Waals surface area contributed by atoms with Crippen LogP contribution in [-0.4, -0.2) is 33.6 Å². The molecule has 0 spiro atoms. The summed E-state index contributed by atoms with van der Waals surface area (Å²) in [6, 6.07) is 15.3. The topological polar surface area (TPSA) is 79.4 Å². The van der Waals surface area contributed by atoms with Crippen molar-refractivity contribution in [3.8, 4) is 10.6 Å². The first kappa shape index (κ1) is 17.1. The third kappa shape index (κ3) is 3.02. The van der Waals surface area contributed by atoms with Gasteiger partial charge >= 0.3 is 0 Å². The normalized spacial score (nSPS) is 14.2. The van der Waals surface area contributed by atoms with Crippen LogP contribution < -0.4 is 5.32 Å². The average molecular weight is 377 g/mol. The van der Waals surface area contributed by atoms with E-state index in [9.17, 15) is 14.4 Å². The van der Waals surface area contributed by atoms with Crippen molar-refractivity contribution in [2.75, 3.05) is 5.32 Å². The Bertz CT molecular complexity index is 1010. The molecule has 1 N–H and O–H groups in total. The highest BCUT2D eigenvalue weighted by Gasteiger charge is 2.40. The number of aromatic nitrogens is 1. The Morgan fingerprint density at radius 2 is 1.59 bits per heavy atom. The quantitative estimate of drug-likeness (QED) is 0.707. The molecule has 1 aromatic heterocycles. The van der Waals surface area contributed by atoms with E-state index in [-0.39, 0.29) is 0 Å². The van der Waals surface area contributed by atoms with Gasteiger partial charge in [-0.2, -0.15) is 0 Å². The van der Waals surface area contributed by atoms with Crippen LogP contribution in [0.2, 0.25) is 0 Å². The lowest BCUT2D eigenvalue weighted by atomic mass is 10.1. The second kappa shape index (κ2) is 6.77. The minimum Gasteiger partial charge on any atom is -0.315 e. The molecule has 0 saturated heterocycles. The van der Waals surface area contributed by atoms with Crippen molar-refractivity contribution in [1.29, 1.82) is 0 Å². The molecule has 0 radical (unpaired) electrons. The van der Waals surface area contributed by atoms with Crippen molar-refractivity contribution in [1.82, 2.24) is 9.88 Å². The standard InChI is InChI=1S/C20H15N3O3S/c1-12(23-19(25)14-9-5-6-10-15(14)20(23)26)17(24)22-16-11-21-18(27-16)13-7-3-2-4-8-13/h2-12H,1H3,(H,22,24)/t12-/m1/s1. The number of hydrogen-bond donors (Lipinski definition) is 1. The number of nitrogens with one attached hydrogen (secondary N) is 1. The van der Waals surface area contributed by atoms with Gasteiger partial charge in [0.15, 0.2) is 0 Å². The van der Waals surface area contributed by atoms with Gasteiger partial charge in [-0.1, -0.05) is 53.8 Å². The van der Waals surface area contributed by atoms with Gasteiger partial charge in [0, 0.05) is 5.56 Å². The number of nitrogens with zero attached hydrogens (tertiary/aromatic N) is 2. The van der Waals surface area contributed by atoms with Gasteiger partial charge in [0.1, 0.15) is 16.1 Å². The first-order chi connectivity index (χ1) is 13.1. The van der Waals surface area contributed by atoms with Gasteiger partial charge in [-0.15, -0.1) is 0 Å². The van der Waals surface area contributed by atoms with Crippen molar-refractivity contribution in [2.45, 2.75) is 13.0 Å². The van der Waals surface area contributed by atoms with Gasteiger partial charge in [0.05, 0.1) is 17.3 Å². The molecule has 2 aromatic carbocycles. The molecule has 4 rings (SSSR count). The summed E-state index contributed by atoms with van der Waals surface area (Å²) in [6.07, 6.45) is 1.57. The molecule has 6 nitrogen and oxygen atoms in total. The maximum Gasteiger partial charge on any atom is 0.262 e. The van der Waals surface area contributed by atoms with Crippen molar-refractivity contribution in [3.63, 3.8) is 0 Å². The van der Waals surface area contributed by atoms with E-state index in [1.807, 2.05) is 30.3 Å². The molecular weight excluding hydrogens is 362 g/mol. The molecule has 134 valence electrons. The van der Waals surface area contributed by atoms with Crippen LogP contribution in [0.1, 0.15) is 27.6 Å². The van der Waals surface area contributed by atoms with Crippen LogP contribution in [0.15, 0.2) is 60.8 Å². The molecule has 2 heterocycles. The molecular formula is C20H15N3O3S. The Kier molecular flexibility index (Phi) is 4.29. The Hall–Kier alpha value is -3.32. The van der Waals surface area contributed by atoms with Gasteiger partial charge < -0.3 is 5.32 Å². The number of carbonyl (C=O) groups excluding carboxylic acids is 3. The van der Waals surface area contributed by atoms with Crippen LogP contribution in [-0.2, 0) is 4.79 Å². The number of thiazole rings is 1. The van der Waals surface area contributed by atoms with E-state index < -0.39 is 23.8 Å². The van der Waals surface area contributed by atoms with E-state index >= 15 is 0 Å². The Morgan fingerprint density at radius 3 is 2.22 bits per heavy atom. The number of carbonyl (C=O) groups is 3. The zero-order valence-corrected chi connectivity index (χ0v) is 15.2. The van der Waals surface area contributed by atoms with E-state index in [1.54, 1.807) is 30.5 Å². The second-order valence-corrected chi connectivity index (χ2v) is 7.12. The van der Waals surface area contributed by atoms with Crippen molar-refractivity contribution in [2.24, 2.45) is 0 Å². The number of rotatable bonds is 4. The fourth-order valence-corrected chi connectivity index (χ4v) is 3.77. The number of benzene rings is 2. The maximum absolute atomic E-state index is 12.6. The van der Waals surface area contributed by atoms with Crippen molar-refractivity contribution >= 4 is 34.1 Å². The molecule has 1 aliphatic rings. The first-order valence-corrected chi connectivity index (χ1v) is 9.17. The molecule has 3 aromatic rings. The van der Waals surface area contributed by atoms with Crippen molar-refractivity contribution < 1.29 is 14.4 Å². The lowest BCUT2D eigenvalue weighted by Crippen LogP contribution is -2.45. The number of imide groups is 1. The molecule has 0 saturated carbocycles. The summed E-state index contributed by atoms with van der Waals surface area (Å²) < 4.78 is 0. The molecule has 1 aliphatic heterocycles. The fraction of sp³-hybridized carbons (Fsp3) is 0.100. The number of hydrogen-bond acceptors (Lipinski definition) is 5. The summed E-state index contributed by atoms with van der Waals surface area (Å²) in [6.45, 7) is 1.54. The van der Waals surface area contributed by atoms with Crippen LogP contribution >= 0.6 is 11.3 Å². The lowest BCUT2D eigenvalue weighted by molar-refractivity contribution is -0.119. The second-order valence-electron chi connectivity index (χ2n) is 6.09. The number of amides is 3. The van der Waals surface area contributed by atoms with E-state index in [2.05, 4.69) is 10.3 Å². The summed E-state index contributed by atoms with van der Waals surface area (Å²) >= 11 is 1.33. The van der Waals surface area contributed by atoms with E-state index in [0.29, 0.717) is 16.1 Å². The third-order valence-electron chi connectivity index (χ3n) is 4.37. The number of anilines is 1. The van der Waals surface area contributed by atoms with E-state index in [1.165, 1.54) is 18.3 Å². The molecule has 0 unspecified atom stereocenters. The average Bonchev–Trinajstić information content (AvgIpc) is 3.26. The fourth-order valence-electron chi connectivity index (χ4n) is 2.95. The molecule has 1 atom stereocenters. The van der Waals surface area contributed by atoms with E-state index in [0.717, 1.165) is 15.5 Å². The first-order valence-electron chi connectivity index (χ1n) is 8.35. The highest BCUT2D eigenvalue weighted by Crippen LogP contribution is 2.29. The molecule has 0 aliphatic carbocycles. The van der Waals surface area contributed by atoms with Crippen molar-refractivity contribution in [3.05, 3.63) is 71.9 Å². The Labute approximate surface area is 159 Å². The van der Waals surface area contributed by atoms with Gasteiger partial charge in [0.2, 0.25) is 5.91 Å². The third-order valence-corrected chi connectivity index (χ3v) is 5.33. The monoisotopic (exact) mass is 377 g/mol. The number of fused-ring (bicyclic) bond motifs is 1. The zero-order valence-electron chi connectivity index (χ0n) is 14.4. The minimum atomic E-state index is -0.931.